The van der Waals surface area contributed by atoms with Crippen molar-refractivity contribution in [3.05, 3.63) is 0 Å². The van der Waals surface area contributed by atoms with Gasteiger partial charge >= 0.3 is 12.1 Å². The minimum Gasteiger partial charge on any atom is -0.467 e. The summed E-state index contributed by atoms with van der Waals surface area (Å²) in [6, 6.07) is -0.734. The third-order valence-electron chi connectivity index (χ3n) is 3.77. The fourth-order valence-corrected chi connectivity index (χ4v) is 2.69. The van der Waals surface area contributed by atoms with Crippen LogP contribution in [-0.2, 0) is 14.3 Å². The highest BCUT2D eigenvalue weighted by molar-refractivity contribution is 5.84. The van der Waals surface area contributed by atoms with E-state index in [1.54, 1.807) is 20.8 Å². The maximum atomic E-state index is 12.1. The molecule has 2 fully saturated rings. The zero-order valence-electron chi connectivity index (χ0n) is 11.8. The van der Waals surface area contributed by atoms with Crippen molar-refractivity contribution in [1.29, 1.82) is 0 Å². The van der Waals surface area contributed by atoms with Gasteiger partial charge in [-0.15, -0.1) is 0 Å². The van der Waals surface area contributed by atoms with Crippen molar-refractivity contribution in [2.24, 2.45) is 5.41 Å². The molecule has 2 aliphatic rings. The predicted octanol–water partition coefficient (Wildman–Crippen LogP) is 0.920. The van der Waals surface area contributed by atoms with Crippen molar-refractivity contribution in [2.75, 3.05) is 13.7 Å². The molecule has 1 aliphatic carbocycles. The van der Waals surface area contributed by atoms with Crippen molar-refractivity contribution in [3.8, 4) is 0 Å². The average Bonchev–Trinajstić information content (AvgIpc) is 3.00. The smallest absolute Gasteiger partial charge is 0.411 e. The van der Waals surface area contributed by atoms with E-state index in [-0.39, 0.29) is 6.54 Å². The second-order valence-electron chi connectivity index (χ2n) is 6.31. The van der Waals surface area contributed by atoms with Gasteiger partial charge in [-0.05, 0) is 33.6 Å². The first-order valence-electron chi connectivity index (χ1n) is 6.47. The van der Waals surface area contributed by atoms with E-state index in [1.165, 1.54) is 12.0 Å². The van der Waals surface area contributed by atoms with E-state index in [1.807, 2.05) is 0 Å². The Kier molecular flexibility index (Phi) is 3.24. The largest absolute Gasteiger partial charge is 0.467 e. The molecule has 0 aromatic heterocycles. The molecule has 0 unspecified atom stereocenters. The first kappa shape index (κ1) is 14.1. The summed E-state index contributed by atoms with van der Waals surface area (Å²) < 4.78 is 10.1. The van der Waals surface area contributed by atoms with Gasteiger partial charge in [0.1, 0.15) is 11.6 Å². The molecule has 6 heteroatoms. The van der Waals surface area contributed by atoms with Crippen LogP contribution in [0.5, 0.6) is 0 Å². The summed E-state index contributed by atoms with van der Waals surface area (Å²) in [4.78, 5) is 25.4. The van der Waals surface area contributed by atoms with Crippen molar-refractivity contribution in [2.45, 2.75) is 51.4 Å². The first-order valence-corrected chi connectivity index (χ1v) is 6.47. The number of likely N-dealkylation sites (tertiary alicyclic amines) is 1. The molecule has 0 aromatic rings. The van der Waals surface area contributed by atoms with Gasteiger partial charge < -0.3 is 14.6 Å². The van der Waals surface area contributed by atoms with Gasteiger partial charge in [0, 0.05) is 5.41 Å². The van der Waals surface area contributed by atoms with E-state index in [9.17, 15) is 14.7 Å². The quantitative estimate of drug-likeness (QED) is 0.718. The summed E-state index contributed by atoms with van der Waals surface area (Å²) in [5, 5.41) is 10.1. The number of aliphatic hydroxyl groups excluding tert-OH is 1. The Morgan fingerprint density at radius 3 is 2.32 bits per heavy atom. The molecule has 19 heavy (non-hydrogen) atoms. The molecule has 2 rings (SSSR count). The Morgan fingerprint density at radius 2 is 1.89 bits per heavy atom. The number of esters is 1. The van der Waals surface area contributed by atoms with E-state index in [4.69, 9.17) is 9.47 Å². The average molecular weight is 271 g/mol. The van der Waals surface area contributed by atoms with Crippen molar-refractivity contribution >= 4 is 12.1 Å². The van der Waals surface area contributed by atoms with Crippen LogP contribution in [0, 0.1) is 5.41 Å². The van der Waals surface area contributed by atoms with Crippen LogP contribution in [0.1, 0.15) is 33.6 Å². The zero-order chi connectivity index (χ0) is 14.4. The highest BCUT2D eigenvalue weighted by Crippen LogP contribution is 2.57. The van der Waals surface area contributed by atoms with Crippen LogP contribution in [0.3, 0.4) is 0 Å². The number of amides is 1. The van der Waals surface area contributed by atoms with Crippen LogP contribution in [0.2, 0.25) is 0 Å². The first-order chi connectivity index (χ1) is 8.71. The molecule has 2 atom stereocenters. The highest BCUT2D eigenvalue weighted by atomic mass is 16.6. The minimum absolute atomic E-state index is 0.120. The van der Waals surface area contributed by atoms with E-state index in [0.29, 0.717) is 0 Å². The second kappa shape index (κ2) is 4.37. The van der Waals surface area contributed by atoms with Crippen LogP contribution in [0.15, 0.2) is 0 Å². The van der Waals surface area contributed by atoms with Gasteiger partial charge in [0.15, 0.2) is 0 Å². The lowest BCUT2D eigenvalue weighted by Gasteiger charge is -2.28. The number of ether oxygens (including phenoxy) is 2. The standard InChI is InChI=1S/C13H21NO5/c1-12(2,3)19-11(17)14-7-8(15)13(5-6-13)9(14)10(16)18-4/h8-9,15H,5-7H2,1-4H3/t8-,9-/m1/s1. The summed E-state index contributed by atoms with van der Waals surface area (Å²) in [5.41, 5.74) is -1.16. The molecule has 108 valence electrons. The van der Waals surface area contributed by atoms with Gasteiger partial charge in [-0.25, -0.2) is 9.59 Å². The molecule has 0 aromatic carbocycles. The van der Waals surface area contributed by atoms with E-state index in [0.717, 1.165) is 12.8 Å². The molecule has 1 amide bonds. The maximum Gasteiger partial charge on any atom is 0.411 e. The van der Waals surface area contributed by atoms with E-state index < -0.39 is 35.2 Å². The zero-order valence-corrected chi connectivity index (χ0v) is 11.8. The van der Waals surface area contributed by atoms with Crippen LogP contribution in [0.25, 0.3) is 0 Å². The fourth-order valence-electron chi connectivity index (χ4n) is 2.69. The Morgan fingerprint density at radius 1 is 1.32 bits per heavy atom. The molecule has 0 bridgehead atoms. The molecule has 1 saturated carbocycles. The molecule has 1 aliphatic heterocycles. The van der Waals surface area contributed by atoms with Gasteiger partial charge in [-0.2, -0.15) is 0 Å². The summed E-state index contributed by atoms with van der Waals surface area (Å²) >= 11 is 0. The Bertz CT molecular complexity index is 396. The molecule has 1 heterocycles. The lowest BCUT2D eigenvalue weighted by atomic mass is 9.95. The van der Waals surface area contributed by atoms with E-state index in [2.05, 4.69) is 0 Å². The number of aliphatic hydroxyl groups is 1. The van der Waals surface area contributed by atoms with Crippen molar-refractivity contribution < 1.29 is 24.2 Å². The topological polar surface area (TPSA) is 76.1 Å². The van der Waals surface area contributed by atoms with Gasteiger partial charge in [-0.1, -0.05) is 0 Å². The number of methoxy groups -OCH3 is 1. The molecule has 1 spiro atoms. The summed E-state index contributed by atoms with van der Waals surface area (Å²) in [6.07, 6.45) is 0.190. The predicted molar refractivity (Wildman–Crippen MR) is 66.4 cm³/mol. The monoisotopic (exact) mass is 271 g/mol. The van der Waals surface area contributed by atoms with Gasteiger partial charge in [0.2, 0.25) is 0 Å². The summed E-state index contributed by atoms with van der Waals surface area (Å²) in [6.45, 7) is 5.40. The Balaban J connectivity index is 2.20. The third kappa shape index (κ3) is 2.41. The Hall–Kier alpha value is -1.30. The lowest BCUT2D eigenvalue weighted by molar-refractivity contribution is -0.148. The molecular weight excluding hydrogens is 250 g/mol. The maximum absolute atomic E-state index is 12.1. The van der Waals surface area contributed by atoms with Crippen molar-refractivity contribution in [1.82, 2.24) is 4.90 Å². The molecule has 1 saturated heterocycles. The SMILES string of the molecule is COC(=O)[C@H]1N(C(=O)OC(C)(C)C)C[C@@H](O)C12CC2. The van der Waals surface area contributed by atoms with Gasteiger partial charge in [-0.3, -0.25) is 4.90 Å². The minimum atomic E-state index is -0.734. The molecule has 0 radical (unpaired) electrons. The van der Waals surface area contributed by atoms with Crippen molar-refractivity contribution in [3.63, 3.8) is 0 Å². The third-order valence-corrected chi connectivity index (χ3v) is 3.77. The number of hydrogen-bond donors (Lipinski definition) is 1. The van der Waals surface area contributed by atoms with Crippen LogP contribution in [-0.4, -0.2) is 53.5 Å². The number of carbonyl (C=O) groups excluding carboxylic acids is 2. The number of hydrogen-bond acceptors (Lipinski definition) is 5. The normalized spacial score (nSPS) is 28.4. The number of nitrogens with zero attached hydrogens (tertiary/aromatic N) is 1. The number of rotatable bonds is 1. The van der Waals surface area contributed by atoms with Gasteiger partial charge in [0.25, 0.3) is 0 Å². The second-order valence-corrected chi connectivity index (χ2v) is 6.31. The lowest BCUT2D eigenvalue weighted by Crippen LogP contribution is -2.46. The summed E-state index contributed by atoms with van der Waals surface area (Å²) in [5.74, 6) is -0.486. The summed E-state index contributed by atoms with van der Waals surface area (Å²) in [7, 11) is 1.29. The van der Waals surface area contributed by atoms with Crippen LogP contribution in [0.4, 0.5) is 4.79 Å². The Labute approximate surface area is 112 Å². The molecular formula is C13H21NO5. The van der Waals surface area contributed by atoms with Crippen LogP contribution >= 0.6 is 0 Å². The highest BCUT2D eigenvalue weighted by Gasteiger charge is 2.66. The van der Waals surface area contributed by atoms with Crippen LogP contribution < -0.4 is 0 Å². The van der Waals surface area contributed by atoms with E-state index >= 15 is 0 Å². The molecule has 1 N–H and O–H groups in total. The fraction of sp³-hybridized carbons (Fsp3) is 0.846. The number of carbonyl (C=O) groups is 2. The van der Waals surface area contributed by atoms with Gasteiger partial charge in [0.05, 0.1) is 19.8 Å². The molecule has 6 nitrogen and oxygen atoms in total. The number of β-amino-alcohol motifs (C(OH)–C–C–N with tert-alkyl or cyclic N) is 1.